The van der Waals surface area contributed by atoms with Gasteiger partial charge in [-0.1, -0.05) is 18.2 Å². The van der Waals surface area contributed by atoms with Crippen LogP contribution in [0.2, 0.25) is 0 Å². The summed E-state index contributed by atoms with van der Waals surface area (Å²) >= 11 is 0. The van der Waals surface area contributed by atoms with Gasteiger partial charge < -0.3 is 15.9 Å². The molecule has 0 fully saturated rings. The second-order valence-corrected chi connectivity index (χ2v) is 3.02. The highest BCUT2D eigenvalue weighted by Gasteiger charge is 2.32. The minimum Gasteiger partial charge on any atom is -0.508 e. The van der Waals surface area contributed by atoms with E-state index in [2.05, 4.69) is 0 Å². The number of phenols is 1. The largest absolute Gasteiger partial charge is 0.508 e. The lowest BCUT2D eigenvalue weighted by Crippen LogP contribution is -2.41. The van der Waals surface area contributed by atoms with Crippen LogP contribution in [-0.4, -0.2) is 16.2 Å². The first-order chi connectivity index (χ1) is 5.96. The second-order valence-electron chi connectivity index (χ2n) is 3.02. The molecule has 1 rings (SSSR count). The van der Waals surface area contributed by atoms with Gasteiger partial charge in [-0.25, -0.2) is 4.79 Å². The fourth-order valence-corrected chi connectivity index (χ4v) is 1.03. The first kappa shape index (κ1) is 9.54. The van der Waals surface area contributed by atoms with Crippen LogP contribution in [0.1, 0.15) is 12.5 Å². The first-order valence-electron chi connectivity index (χ1n) is 3.77. The summed E-state index contributed by atoms with van der Waals surface area (Å²) in [5.41, 5.74) is 4.18. The Hall–Kier alpha value is -1.55. The van der Waals surface area contributed by atoms with Gasteiger partial charge in [0.25, 0.3) is 0 Å². The molecule has 0 amide bonds. The van der Waals surface area contributed by atoms with Crippen LogP contribution in [0.4, 0.5) is 0 Å². The maximum atomic E-state index is 10.7. The molecule has 0 saturated heterocycles. The number of carbonyl (C=O) groups is 1. The van der Waals surface area contributed by atoms with Gasteiger partial charge in [0.05, 0.1) is 0 Å². The predicted octanol–water partition coefficient (Wildman–Crippen LogP) is 0.651. The highest BCUT2D eigenvalue weighted by atomic mass is 16.4. The minimum absolute atomic E-state index is 0.102. The van der Waals surface area contributed by atoms with Crippen molar-refractivity contribution >= 4 is 5.97 Å². The lowest BCUT2D eigenvalue weighted by Gasteiger charge is -2.20. The van der Waals surface area contributed by atoms with E-state index in [0.29, 0.717) is 0 Å². The van der Waals surface area contributed by atoms with Crippen molar-refractivity contribution in [2.75, 3.05) is 0 Å². The summed E-state index contributed by atoms with van der Waals surface area (Å²) < 4.78 is 0. The molecule has 1 aromatic carbocycles. The maximum Gasteiger partial charge on any atom is 0.328 e. The fourth-order valence-electron chi connectivity index (χ4n) is 1.03. The Bertz CT molecular complexity index is 333. The SMILES string of the molecule is CC(N)(C(=O)O)c1ccccc1O. The van der Waals surface area contributed by atoms with Crippen LogP contribution in [0.5, 0.6) is 5.75 Å². The minimum atomic E-state index is -1.55. The van der Waals surface area contributed by atoms with Crippen molar-refractivity contribution in [3.63, 3.8) is 0 Å². The van der Waals surface area contributed by atoms with E-state index in [9.17, 15) is 9.90 Å². The topological polar surface area (TPSA) is 83.6 Å². The fraction of sp³-hybridized carbons (Fsp3) is 0.222. The van der Waals surface area contributed by atoms with Gasteiger partial charge in [-0.3, -0.25) is 0 Å². The number of rotatable bonds is 2. The first-order valence-corrected chi connectivity index (χ1v) is 3.77. The van der Waals surface area contributed by atoms with Crippen LogP contribution < -0.4 is 5.73 Å². The normalized spacial score (nSPS) is 14.9. The molecule has 0 aliphatic carbocycles. The highest BCUT2D eigenvalue weighted by molar-refractivity contribution is 5.80. The van der Waals surface area contributed by atoms with Gasteiger partial charge >= 0.3 is 5.97 Å². The molecule has 0 radical (unpaired) electrons. The molecule has 0 saturated carbocycles. The average Bonchev–Trinajstić information content (AvgIpc) is 2.04. The van der Waals surface area contributed by atoms with Crippen molar-refractivity contribution in [2.45, 2.75) is 12.5 Å². The molecule has 1 atom stereocenters. The lowest BCUT2D eigenvalue weighted by molar-refractivity contribution is -0.143. The molecule has 0 aliphatic rings. The maximum absolute atomic E-state index is 10.7. The number of carboxylic acid groups (broad SMARTS) is 1. The average molecular weight is 181 g/mol. The van der Waals surface area contributed by atoms with E-state index in [4.69, 9.17) is 10.8 Å². The highest BCUT2D eigenvalue weighted by Crippen LogP contribution is 2.26. The molecule has 70 valence electrons. The third-order valence-electron chi connectivity index (χ3n) is 1.91. The lowest BCUT2D eigenvalue weighted by atomic mass is 9.93. The van der Waals surface area contributed by atoms with E-state index in [1.54, 1.807) is 12.1 Å². The number of aromatic hydroxyl groups is 1. The van der Waals surface area contributed by atoms with Crippen LogP contribution in [-0.2, 0) is 10.3 Å². The van der Waals surface area contributed by atoms with Crippen LogP contribution in [0.25, 0.3) is 0 Å². The molecule has 4 nitrogen and oxygen atoms in total. The molecule has 0 spiro atoms. The third kappa shape index (κ3) is 1.62. The van der Waals surface area contributed by atoms with E-state index >= 15 is 0 Å². The van der Waals surface area contributed by atoms with Crippen molar-refractivity contribution in [2.24, 2.45) is 5.73 Å². The molecular formula is C9H11NO3. The summed E-state index contributed by atoms with van der Waals surface area (Å²) in [6, 6.07) is 6.13. The number of hydrogen-bond acceptors (Lipinski definition) is 3. The van der Waals surface area contributed by atoms with Gasteiger partial charge in [0.1, 0.15) is 11.3 Å². The zero-order valence-electron chi connectivity index (χ0n) is 7.19. The number of phenolic OH excluding ortho intramolecular Hbond substituents is 1. The molecule has 1 unspecified atom stereocenters. The molecular weight excluding hydrogens is 170 g/mol. The second kappa shape index (κ2) is 3.06. The van der Waals surface area contributed by atoms with Gasteiger partial charge in [0, 0.05) is 5.56 Å². The molecule has 0 bridgehead atoms. The summed E-state index contributed by atoms with van der Waals surface area (Å²) in [6.45, 7) is 1.34. The molecule has 4 N–H and O–H groups in total. The van der Waals surface area contributed by atoms with Crippen LogP contribution in [0, 0.1) is 0 Å². The van der Waals surface area contributed by atoms with E-state index in [0.717, 1.165) is 0 Å². The molecule has 0 aromatic heterocycles. The standard InChI is InChI=1S/C9H11NO3/c1-9(10,8(12)13)6-4-2-3-5-7(6)11/h2-5,11H,10H2,1H3,(H,12,13). The molecule has 13 heavy (non-hydrogen) atoms. The summed E-state index contributed by atoms with van der Waals surface area (Å²) in [7, 11) is 0. The molecule has 0 heterocycles. The van der Waals surface area contributed by atoms with Gasteiger partial charge in [-0.2, -0.15) is 0 Å². The Labute approximate surface area is 75.6 Å². The zero-order valence-corrected chi connectivity index (χ0v) is 7.19. The van der Waals surface area contributed by atoms with E-state index in [1.165, 1.54) is 19.1 Å². The number of benzene rings is 1. The molecule has 1 aromatic rings. The van der Waals surface area contributed by atoms with E-state index < -0.39 is 11.5 Å². The van der Waals surface area contributed by atoms with Crippen LogP contribution in [0.3, 0.4) is 0 Å². The Kier molecular flexibility index (Phi) is 2.25. The van der Waals surface area contributed by atoms with Crippen molar-refractivity contribution in [3.05, 3.63) is 29.8 Å². The quantitative estimate of drug-likeness (QED) is 0.625. The number of aliphatic carboxylic acids is 1. The van der Waals surface area contributed by atoms with Crippen molar-refractivity contribution in [1.82, 2.24) is 0 Å². The summed E-state index contributed by atoms with van der Waals surface area (Å²) in [4.78, 5) is 10.7. The van der Waals surface area contributed by atoms with Crippen molar-refractivity contribution < 1.29 is 15.0 Å². The van der Waals surface area contributed by atoms with Gasteiger partial charge in [-0.05, 0) is 13.0 Å². The molecule has 4 heteroatoms. The Morgan fingerprint density at radius 2 is 2.00 bits per heavy atom. The zero-order chi connectivity index (χ0) is 10.1. The summed E-state index contributed by atoms with van der Waals surface area (Å²) in [5.74, 6) is -1.27. The van der Waals surface area contributed by atoms with Gasteiger partial charge in [0.15, 0.2) is 0 Å². The van der Waals surface area contributed by atoms with Gasteiger partial charge in [-0.15, -0.1) is 0 Å². The number of carboxylic acids is 1. The van der Waals surface area contributed by atoms with E-state index in [-0.39, 0.29) is 11.3 Å². The number of para-hydroxylation sites is 1. The summed E-state index contributed by atoms with van der Waals surface area (Å²) in [5, 5.41) is 18.1. The predicted molar refractivity (Wildman–Crippen MR) is 47.3 cm³/mol. The molecule has 0 aliphatic heterocycles. The van der Waals surface area contributed by atoms with Gasteiger partial charge in [0.2, 0.25) is 0 Å². The monoisotopic (exact) mass is 181 g/mol. The Balaban J connectivity index is 3.22. The van der Waals surface area contributed by atoms with E-state index in [1.807, 2.05) is 0 Å². The Morgan fingerprint density at radius 1 is 1.46 bits per heavy atom. The number of nitrogens with two attached hydrogens (primary N) is 1. The summed E-state index contributed by atoms with van der Waals surface area (Å²) in [6.07, 6.45) is 0. The van der Waals surface area contributed by atoms with Crippen LogP contribution in [0.15, 0.2) is 24.3 Å². The number of hydrogen-bond donors (Lipinski definition) is 3. The van der Waals surface area contributed by atoms with Crippen molar-refractivity contribution in [1.29, 1.82) is 0 Å². The third-order valence-corrected chi connectivity index (χ3v) is 1.91. The Morgan fingerprint density at radius 3 is 2.46 bits per heavy atom. The van der Waals surface area contributed by atoms with Crippen LogP contribution >= 0.6 is 0 Å². The van der Waals surface area contributed by atoms with Crippen molar-refractivity contribution in [3.8, 4) is 5.75 Å². The smallest absolute Gasteiger partial charge is 0.328 e.